The molecule has 3 rings (SSSR count). The Morgan fingerprint density at radius 2 is 2.07 bits per heavy atom. The van der Waals surface area contributed by atoms with E-state index in [0.717, 1.165) is 5.57 Å². The molecule has 0 aromatic heterocycles. The highest BCUT2D eigenvalue weighted by molar-refractivity contribution is 6.04. The molecular weight excluding hydrogens is 376 g/mol. The molecule has 0 saturated heterocycles. The van der Waals surface area contributed by atoms with Gasteiger partial charge in [-0.3, -0.25) is 4.79 Å². The highest BCUT2D eigenvalue weighted by atomic mass is 16.6. The second-order valence-corrected chi connectivity index (χ2v) is 7.57. The molecule has 1 aliphatic carbocycles. The molecule has 156 valence electrons. The zero-order valence-corrected chi connectivity index (χ0v) is 17.0. The van der Waals surface area contributed by atoms with E-state index in [4.69, 9.17) is 14.2 Å². The number of aryl methyl sites for hydroxylation is 1. The van der Waals surface area contributed by atoms with Crippen molar-refractivity contribution in [2.24, 2.45) is 0 Å². The number of phenolic OH excluding ortho intramolecular Hbond substituents is 1. The van der Waals surface area contributed by atoms with Gasteiger partial charge in [0, 0.05) is 18.1 Å². The number of rotatable bonds is 4. The molecule has 1 aromatic rings. The van der Waals surface area contributed by atoms with Crippen molar-refractivity contribution >= 4 is 11.8 Å². The van der Waals surface area contributed by atoms with Crippen molar-refractivity contribution in [3.8, 4) is 11.5 Å². The number of phenols is 1. The van der Waals surface area contributed by atoms with Gasteiger partial charge in [0.1, 0.15) is 23.2 Å². The Labute approximate surface area is 169 Å². The number of Topliss-reactive ketones (excluding diaryl/α,β-unsaturated/α-hetero) is 1. The molecule has 7 nitrogen and oxygen atoms in total. The van der Waals surface area contributed by atoms with Crippen molar-refractivity contribution in [1.29, 1.82) is 0 Å². The maximum atomic E-state index is 12.8. The Morgan fingerprint density at radius 1 is 1.34 bits per heavy atom. The molecule has 3 atom stereocenters. The summed E-state index contributed by atoms with van der Waals surface area (Å²) in [7, 11) is 1.46. The maximum absolute atomic E-state index is 12.8. The van der Waals surface area contributed by atoms with Gasteiger partial charge in [0.2, 0.25) is 0 Å². The third-order valence-electron chi connectivity index (χ3n) is 5.49. The molecule has 0 bridgehead atoms. The van der Waals surface area contributed by atoms with E-state index in [9.17, 15) is 19.8 Å². The topological polar surface area (TPSA) is 102 Å². The Morgan fingerprint density at radius 3 is 2.69 bits per heavy atom. The Balaban J connectivity index is 1.87. The molecule has 0 spiro atoms. The van der Waals surface area contributed by atoms with Crippen LogP contribution in [0.1, 0.15) is 42.6 Å². The number of aliphatic hydroxyl groups is 1. The molecule has 1 aromatic carbocycles. The van der Waals surface area contributed by atoms with Crippen LogP contribution in [0.2, 0.25) is 0 Å². The number of ether oxygens (including phenoxy) is 3. The standard InChI is InChI=1S/C22H26O7/c1-5-6-14-8-13-9-18(22(3,26)20(24)16(13)11-28-14)29-21(25)19-12(2)7-15(27-4)10-17(19)23/h5-7,10,14,18,23,26H,8-9,11H2,1-4H3. The lowest BCUT2D eigenvalue weighted by atomic mass is 9.76. The first-order valence-corrected chi connectivity index (χ1v) is 9.50. The van der Waals surface area contributed by atoms with Crippen molar-refractivity contribution in [2.75, 3.05) is 13.7 Å². The number of esters is 1. The van der Waals surface area contributed by atoms with E-state index >= 15 is 0 Å². The van der Waals surface area contributed by atoms with Gasteiger partial charge in [-0.05, 0) is 38.8 Å². The van der Waals surface area contributed by atoms with Gasteiger partial charge in [0.05, 0.1) is 19.8 Å². The lowest BCUT2D eigenvalue weighted by Gasteiger charge is -2.40. The number of carbonyl (C=O) groups excluding carboxylic acids is 2. The third-order valence-corrected chi connectivity index (χ3v) is 5.49. The van der Waals surface area contributed by atoms with Gasteiger partial charge in [-0.1, -0.05) is 17.7 Å². The molecule has 2 aliphatic rings. The van der Waals surface area contributed by atoms with Gasteiger partial charge >= 0.3 is 5.97 Å². The Hall–Kier alpha value is -2.64. The lowest BCUT2D eigenvalue weighted by Crippen LogP contribution is -2.54. The monoisotopic (exact) mass is 402 g/mol. The smallest absolute Gasteiger partial charge is 0.342 e. The molecule has 0 radical (unpaired) electrons. The molecule has 0 amide bonds. The van der Waals surface area contributed by atoms with Crippen LogP contribution in [0.5, 0.6) is 11.5 Å². The minimum absolute atomic E-state index is 0.0207. The van der Waals surface area contributed by atoms with Crippen molar-refractivity contribution in [1.82, 2.24) is 0 Å². The summed E-state index contributed by atoms with van der Waals surface area (Å²) >= 11 is 0. The van der Waals surface area contributed by atoms with Gasteiger partial charge in [-0.2, -0.15) is 0 Å². The molecule has 7 heteroatoms. The van der Waals surface area contributed by atoms with Crippen LogP contribution in [0.3, 0.4) is 0 Å². The van der Waals surface area contributed by atoms with E-state index in [2.05, 4.69) is 0 Å². The third kappa shape index (κ3) is 3.93. The zero-order valence-electron chi connectivity index (χ0n) is 17.0. The average molecular weight is 402 g/mol. The summed E-state index contributed by atoms with van der Waals surface area (Å²) in [6.45, 7) is 5.00. The molecule has 0 saturated carbocycles. The zero-order chi connectivity index (χ0) is 21.3. The van der Waals surface area contributed by atoms with Gasteiger partial charge in [0.25, 0.3) is 0 Å². The fraction of sp³-hybridized carbons (Fsp3) is 0.455. The van der Waals surface area contributed by atoms with Crippen LogP contribution in [-0.4, -0.2) is 53.5 Å². The summed E-state index contributed by atoms with van der Waals surface area (Å²) in [6.07, 6.45) is 3.30. The summed E-state index contributed by atoms with van der Waals surface area (Å²) in [5, 5.41) is 21.0. The average Bonchev–Trinajstić information content (AvgIpc) is 2.65. The molecule has 3 unspecified atom stereocenters. The van der Waals surface area contributed by atoms with Crippen LogP contribution in [0, 0.1) is 6.92 Å². The fourth-order valence-corrected chi connectivity index (χ4v) is 3.83. The minimum atomic E-state index is -1.87. The van der Waals surface area contributed by atoms with Crippen LogP contribution >= 0.6 is 0 Å². The van der Waals surface area contributed by atoms with Crippen molar-refractivity contribution < 1.29 is 34.0 Å². The van der Waals surface area contributed by atoms with Crippen molar-refractivity contribution in [2.45, 2.75) is 51.4 Å². The van der Waals surface area contributed by atoms with Crippen molar-refractivity contribution in [3.05, 3.63) is 46.6 Å². The van der Waals surface area contributed by atoms with Crippen molar-refractivity contribution in [3.63, 3.8) is 0 Å². The predicted molar refractivity (Wildman–Crippen MR) is 105 cm³/mol. The summed E-state index contributed by atoms with van der Waals surface area (Å²) < 4.78 is 16.3. The largest absolute Gasteiger partial charge is 0.507 e. The lowest BCUT2D eigenvalue weighted by molar-refractivity contribution is -0.147. The van der Waals surface area contributed by atoms with E-state index in [1.807, 2.05) is 19.1 Å². The second kappa shape index (κ2) is 8.00. The highest BCUT2D eigenvalue weighted by Crippen LogP contribution is 2.38. The normalized spacial score (nSPS) is 27.1. The quantitative estimate of drug-likeness (QED) is 0.589. The van der Waals surface area contributed by atoms with E-state index in [1.165, 1.54) is 20.1 Å². The number of hydrogen-bond acceptors (Lipinski definition) is 7. The number of ketones is 1. The van der Waals surface area contributed by atoms with E-state index in [0.29, 0.717) is 23.3 Å². The fourth-order valence-electron chi connectivity index (χ4n) is 3.83. The highest BCUT2D eigenvalue weighted by Gasteiger charge is 2.49. The molecule has 0 fully saturated rings. The van der Waals surface area contributed by atoms with Crippen LogP contribution in [0.15, 0.2) is 35.4 Å². The van der Waals surface area contributed by atoms with Crippen LogP contribution in [0.25, 0.3) is 0 Å². The molecule has 2 N–H and O–H groups in total. The second-order valence-electron chi connectivity index (χ2n) is 7.57. The van der Waals surface area contributed by atoms with E-state index in [-0.39, 0.29) is 30.4 Å². The number of allylic oxidation sites excluding steroid dienone is 1. The number of aromatic hydroxyl groups is 1. The first-order chi connectivity index (χ1) is 13.7. The molecule has 1 aliphatic heterocycles. The van der Waals surface area contributed by atoms with Crippen LogP contribution < -0.4 is 4.74 Å². The number of carbonyl (C=O) groups is 2. The maximum Gasteiger partial charge on any atom is 0.342 e. The summed E-state index contributed by atoms with van der Waals surface area (Å²) in [5.74, 6) is -1.18. The SMILES string of the molecule is CC=CC1CC2=C(CO1)C(=O)C(C)(O)C(OC(=O)c1c(C)cc(OC)cc1O)C2. The van der Waals surface area contributed by atoms with E-state index < -0.39 is 23.5 Å². The van der Waals surface area contributed by atoms with Gasteiger partial charge in [-0.25, -0.2) is 4.79 Å². The Bertz CT molecular complexity index is 871. The summed E-state index contributed by atoms with van der Waals surface area (Å²) in [5.41, 5.74) is -0.155. The first-order valence-electron chi connectivity index (χ1n) is 9.50. The number of hydrogen-bond donors (Lipinski definition) is 2. The molecule has 1 heterocycles. The predicted octanol–water partition coefficient (Wildman–Crippen LogP) is 2.62. The van der Waals surface area contributed by atoms with Gasteiger partial charge in [0.15, 0.2) is 11.4 Å². The summed E-state index contributed by atoms with van der Waals surface area (Å²) in [6, 6.07) is 2.91. The molecular formula is C22H26O7. The van der Waals surface area contributed by atoms with Crippen LogP contribution in [-0.2, 0) is 14.3 Å². The van der Waals surface area contributed by atoms with Gasteiger partial charge < -0.3 is 24.4 Å². The first kappa shape index (κ1) is 21.1. The van der Waals surface area contributed by atoms with Crippen LogP contribution in [0.4, 0.5) is 0 Å². The minimum Gasteiger partial charge on any atom is -0.507 e. The number of methoxy groups -OCH3 is 1. The van der Waals surface area contributed by atoms with E-state index in [1.54, 1.807) is 13.0 Å². The summed E-state index contributed by atoms with van der Waals surface area (Å²) in [4.78, 5) is 25.6. The molecule has 29 heavy (non-hydrogen) atoms. The number of benzene rings is 1. The van der Waals surface area contributed by atoms with Gasteiger partial charge in [-0.15, -0.1) is 0 Å². The Kier molecular flexibility index (Phi) is 5.82.